The molecule has 0 spiro atoms. The van der Waals surface area contributed by atoms with Crippen LogP contribution >= 0.6 is 0 Å². The summed E-state index contributed by atoms with van der Waals surface area (Å²) in [5.41, 5.74) is 0.344. The van der Waals surface area contributed by atoms with Crippen LogP contribution < -0.4 is 5.32 Å². The largest absolute Gasteiger partial charge is 0.466 e. The van der Waals surface area contributed by atoms with Crippen LogP contribution in [0.15, 0.2) is 70.9 Å². The third-order valence-corrected chi connectivity index (χ3v) is 7.80. The number of hydrogen-bond acceptors (Lipinski definition) is 7. The Kier molecular flexibility index (Phi) is 8.04. The predicted molar refractivity (Wildman–Crippen MR) is 134 cm³/mol. The third-order valence-electron chi connectivity index (χ3n) is 7.80. The van der Waals surface area contributed by atoms with Crippen LogP contribution in [0, 0.1) is 23.2 Å². The minimum absolute atomic E-state index is 0.0783. The number of methoxy groups -OCH3 is 1. The first-order valence-electron chi connectivity index (χ1n) is 12.4. The molecule has 8 heteroatoms. The van der Waals surface area contributed by atoms with Gasteiger partial charge in [0.2, 0.25) is 0 Å². The number of alkyl carbamates (subject to hydrolysis) is 1. The van der Waals surface area contributed by atoms with Crippen molar-refractivity contribution in [2.24, 2.45) is 33.4 Å². The summed E-state index contributed by atoms with van der Waals surface area (Å²) in [5, 5.41) is 11.1. The van der Waals surface area contributed by atoms with E-state index in [2.05, 4.69) is 41.5 Å². The van der Waals surface area contributed by atoms with Crippen LogP contribution in [0.4, 0.5) is 4.79 Å². The van der Waals surface area contributed by atoms with Gasteiger partial charge < -0.3 is 14.2 Å². The standard InChI is InChI=1S/C28H35N3O5/c1-27(2)22(14-15-35-18-20-10-6-4-7-11-20)16-23(27)24-17-29-31-28(24,25(32)34-3)30-26(33)36-19-21-12-8-5-9-13-21/h4-13,22-24H,14-19H2,1-3H3,(H,30,33)/t22-,23-,24-,28+/m0/s1. The summed E-state index contributed by atoms with van der Waals surface area (Å²) in [4.78, 5) is 25.7. The molecule has 1 heterocycles. The van der Waals surface area contributed by atoms with Crippen LogP contribution in [0.1, 0.15) is 37.8 Å². The van der Waals surface area contributed by atoms with Crippen LogP contribution in [-0.4, -0.2) is 38.0 Å². The second kappa shape index (κ2) is 11.2. The summed E-state index contributed by atoms with van der Waals surface area (Å²) >= 11 is 0. The number of carbonyl (C=O) groups is 2. The van der Waals surface area contributed by atoms with Crippen molar-refractivity contribution in [1.29, 1.82) is 0 Å². The zero-order valence-electron chi connectivity index (χ0n) is 21.2. The van der Waals surface area contributed by atoms with Gasteiger partial charge in [-0.2, -0.15) is 10.2 Å². The maximum absolute atomic E-state index is 13.0. The van der Waals surface area contributed by atoms with E-state index >= 15 is 0 Å². The van der Waals surface area contributed by atoms with Gasteiger partial charge >= 0.3 is 12.1 Å². The van der Waals surface area contributed by atoms with E-state index < -0.39 is 17.7 Å². The molecule has 2 aromatic rings. The molecule has 4 atom stereocenters. The minimum atomic E-state index is -1.58. The van der Waals surface area contributed by atoms with Crippen molar-refractivity contribution >= 4 is 12.1 Å². The van der Waals surface area contributed by atoms with Gasteiger partial charge in [0.15, 0.2) is 0 Å². The highest BCUT2D eigenvalue weighted by atomic mass is 16.6. The molecule has 8 nitrogen and oxygen atoms in total. The smallest absolute Gasteiger partial charge is 0.409 e. The molecule has 2 aliphatic rings. The lowest BCUT2D eigenvalue weighted by Crippen LogP contribution is -2.63. The van der Waals surface area contributed by atoms with E-state index in [1.54, 1.807) is 0 Å². The second-order valence-corrected chi connectivity index (χ2v) is 10.2. The quantitative estimate of drug-likeness (QED) is 0.365. The normalized spacial score (nSPS) is 26.1. The Bertz CT molecular complexity index is 1060. The van der Waals surface area contributed by atoms with E-state index in [4.69, 9.17) is 14.2 Å². The summed E-state index contributed by atoms with van der Waals surface area (Å²) in [6, 6.07) is 19.5. The molecule has 0 aromatic heterocycles. The number of benzene rings is 2. The zero-order valence-corrected chi connectivity index (χ0v) is 21.2. The molecule has 0 unspecified atom stereocenters. The van der Waals surface area contributed by atoms with Crippen molar-refractivity contribution in [2.45, 2.75) is 45.6 Å². The van der Waals surface area contributed by atoms with Gasteiger partial charge in [0.05, 0.1) is 20.3 Å². The van der Waals surface area contributed by atoms with Gasteiger partial charge in [-0.15, -0.1) is 0 Å². The van der Waals surface area contributed by atoms with Crippen LogP contribution in [0.2, 0.25) is 0 Å². The van der Waals surface area contributed by atoms with E-state index in [0.29, 0.717) is 25.7 Å². The molecule has 1 amide bonds. The van der Waals surface area contributed by atoms with Gasteiger partial charge in [0.25, 0.3) is 5.66 Å². The number of hydrogen-bond donors (Lipinski definition) is 1. The average molecular weight is 494 g/mol. The predicted octanol–water partition coefficient (Wildman–Crippen LogP) is 5.13. The SMILES string of the molecule is COC(=O)[C@]1(NC(=O)OCc2ccccc2)N=NC[C@H]1[C@@H]1C[C@H](CCOCc2ccccc2)C1(C)C. The van der Waals surface area contributed by atoms with E-state index in [0.717, 1.165) is 24.0 Å². The number of azo groups is 1. The topological polar surface area (TPSA) is 98.6 Å². The molecular formula is C28H35N3O5. The molecular weight excluding hydrogens is 458 g/mol. The van der Waals surface area contributed by atoms with Crippen LogP contribution in [0.25, 0.3) is 0 Å². The van der Waals surface area contributed by atoms with Crippen molar-refractivity contribution in [3.63, 3.8) is 0 Å². The maximum Gasteiger partial charge on any atom is 0.409 e. The lowest BCUT2D eigenvalue weighted by atomic mass is 9.49. The van der Waals surface area contributed by atoms with E-state index in [1.807, 2.05) is 48.5 Å². The van der Waals surface area contributed by atoms with Gasteiger partial charge in [0.1, 0.15) is 6.61 Å². The zero-order chi connectivity index (χ0) is 25.6. The Morgan fingerprint density at radius 3 is 2.22 bits per heavy atom. The lowest BCUT2D eigenvalue weighted by Gasteiger charge is -2.56. The van der Waals surface area contributed by atoms with Crippen molar-refractivity contribution in [3.8, 4) is 0 Å². The number of amides is 1. The monoisotopic (exact) mass is 493 g/mol. The van der Waals surface area contributed by atoms with Gasteiger partial charge in [-0.1, -0.05) is 74.5 Å². The number of nitrogens with zero attached hydrogens (tertiary/aromatic N) is 2. The van der Waals surface area contributed by atoms with E-state index in [1.165, 1.54) is 7.11 Å². The molecule has 2 aromatic carbocycles. The minimum Gasteiger partial charge on any atom is -0.466 e. The van der Waals surface area contributed by atoms with Crippen molar-refractivity contribution in [2.75, 3.05) is 20.3 Å². The maximum atomic E-state index is 13.0. The van der Waals surface area contributed by atoms with Gasteiger partial charge in [-0.25, -0.2) is 9.59 Å². The number of rotatable bonds is 10. The Morgan fingerprint density at radius 2 is 1.61 bits per heavy atom. The number of ether oxygens (including phenoxy) is 3. The highest BCUT2D eigenvalue weighted by Crippen LogP contribution is 2.59. The van der Waals surface area contributed by atoms with Gasteiger partial charge in [0, 0.05) is 12.5 Å². The summed E-state index contributed by atoms with van der Waals surface area (Å²) in [6.45, 7) is 6.11. The van der Waals surface area contributed by atoms with Crippen molar-refractivity contribution in [1.82, 2.24) is 5.32 Å². The number of carbonyl (C=O) groups excluding carboxylic acids is 2. The van der Waals surface area contributed by atoms with E-state index in [-0.39, 0.29) is 23.9 Å². The molecule has 1 N–H and O–H groups in total. The molecule has 1 aliphatic heterocycles. The molecule has 0 saturated heterocycles. The Morgan fingerprint density at radius 1 is 0.972 bits per heavy atom. The molecule has 1 fully saturated rings. The van der Waals surface area contributed by atoms with Gasteiger partial charge in [-0.05, 0) is 41.2 Å². The highest BCUT2D eigenvalue weighted by molar-refractivity contribution is 5.86. The van der Waals surface area contributed by atoms with Crippen LogP contribution in [0.3, 0.4) is 0 Å². The average Bonchev–Trinajstić information content (AvgIpc) is 3.30. The molecule has 1 aliphatic carbocycles. The number of esters is 1. The third kappa shape index (κ3) is 5.43. The fraction of sp³-hybridized carbons (Fsp3) is 0.500. The molecule has 4 rings (SSSR count). The van der Waals surface area contributed by atoms with Crippen molar-refractivity contribution < 1.29 is 23.8 Å². The summed E-state index contributed by atoms with van der Waals surface area (Å²) in [6.07, 6.45) is 1.10. The molecule has 0 bridgehead atoms. The second-order valence-electron chi connectivity index (χ2n) is 10.2. The Labute approximate surface area is 212 Å². The summed E-state index contributed by atoms with van der Waals surface area (Å²) in [5.74, 6) is -0.388. The first-order valence-corrected chi connectivity index (χ1v) is 12.4. The summed E-state index contributed by atoms with van der Waals surface area (Å²) < 4.78 is 16.4. The summed E-state index contributed by atoms with van der Waals surface area (Å²) in [7, 11) is 1.30. The fourth-order valence-corrected chi connectivity index (χ4v) is 5.52. The lowest BCUT2D eigenvalue weighted by molar-refractivity contribution is -0.156. The first-order chi connectivity index (χ1) is 17.4. The highest BCUT2D eigenvalue weighted by Gasteiger charge is 2.62. The Hall–Kier alpha value is -3.26. The van der Waals surface area contributed by atoms with Crippen LogP contribution in [0.5, 0.6) is 0 Å². The molecule has 1 saturated carbocycles. The number of nitrogens with one attached hydrogen (secondary N) is 1. The Balaban J connectivity index is 1.36. The first kappa shape index (κ1) is 25.8. The van der Waals surface area contributed by atoms with E-state index in [9.17, 15) is 9.59 Å². The molecule has 0 radical (unpaired) electrons. The van der Waals surface area contributed by atoms with Crippen LogP contribution in [-0.2, 0) is 32.2 Å². The molecule has 192 valence electrons. The van der Waals surface area contributed by atoms with Gasteiger partial charge in [-0.3, -0.25) is 5.32 Å². The van der Waals surface area contributed by atoms with Crippen molar-refractivity contribution in [3.05, 3.63) is 71.8 Å². The molecule has 36 heavy (non-hydrogen) atoms. The fourth-order valence-electron chi connectivity index (χ4n) is 5.52.